The zero-order valence-electron chi connectivity index (χ0n) is 9.24. The van der Waals surface area contributed by atoms with Gasteiger partial charge in [-0.3, -0.25) is 14.5 Å². The van der Waals surface area contributed by atoms with Crippen LogP contribution in [0, 0.1) is 5.92 Å². The van der Waals surface area contributed by atoms with Crippen molar-refractivity contribution in [1.82, 2.24) is 0 Å². The van der Waals surface area contributed by atoms with Crippen LogP contribution in [0.3, 0.4) is 0 Å². The van der Waals surface area contributed by atoms with Gasteiger partial charge in [-0.15, -0.1) is 0 Å². The first-order valence-electron chi connectivity index (χ1n) is 5.30. The van der Waals surface area contributed by atoms with Crippen molar-refractivity contribution in [1.29, 1.82) is 0 Å². The maximum Gasteiger partial charge on any atom is 0.234 e. The number of carbonyl (C=O) groups is 2. The highest BCUT2D eigenvalue weighted by atomic mass is 79.9. The molecule has 1 fully saturated rings. The molecule has 17 heavy (non-hydrogen) atoms. The van der Waals surface area contributed by atoms with E-state index < -0.39 is 0 Å². The summed E-state index contributed by atoms with van der Waals surface area (Å²) < 4.78 is 0.677. The minimum Gasteiger partial charge on any atom is -0.274 e. The van der Waals surface area contributed by atoms with Gasteiger partial charge in [0.25, 0.3) is 0 Å². The quantitative estimate of drug-likeness (QED) is 0.745. The number of halogens is 2. The summed E-state index contributed by atoms with van der Waals surface area (Å²) in [5.74, 6) is -0.173. The van der Waals surface area contributed by atoms with Gasteiger partial charge in [-0.1, -0.05) is 18.5 Å². The molecule has 0 spiro atoms. The summed E-state index contributed by atoms with van der Waals surface area (Å²) in [5.41, 5.74) is 0.572. The lowest BCUT2D eigenvalue weighted by Crippen LogP contribution is -2.42. The van der Waals surface area contributed by atoms with Gasteiger partial charge in [0, 0.05) is 17.3 Å². The minimum absolute atomic E-state index is 0.127. The van der Waals surface area contributed by atoms with E-state index in [0.29, 0.717) is 28.0 Å². The maximum absolute atomic E-state index is 11.9. The monoisotopic (exact) mass is 315 g/mol. The largest absolute Gasteiger partial charge is 0.274 e. The van der Waals surface area contributed by atoms with Gasteiger partial charge in [-0.05, 0) is 40.0 Å². The fourth-order valence-corrected chi connectivity index (χ4v) is 2.39. The number of amides is 2. The average Bonchev–Trinajstić information content (AvgIpc) is 2.21. The van der Waals surface area contributed by atoms with Gasteiger partial charge in [0.15, 0.2) is 0 Å². The van der Waals surface area contributed by atoms with Crippen molar-refractivity contribution in [2.75, 3.05) is 4.90 Å². The normalized spacial score (nSPS) is 17.7. The molecule has 2 amide bonds. The summed E-state index contributed by atoms with van der Waals surface area (Å²) in [6.07, 6.45) is 0.817. The van der Waals surface area contributed by atoms with Crippen molar-refractivity contribution >= 4 is 45.0 Å². The Balaban J connectivity index is 2.35. The third-order valence-corrected chi connectivity index (χ3v) is 3.92. The number of anilines is 1. The summed E-state index contributed by atoms with van der Waals surface area (Å²) in [6, 6.07) is 5.03. The molecule has 90 valence electrons. The molecule has 1 aliphatic heterocycles. The summed E-state index contributed by atoms with van der Waals surface area (Å²) >= 11 is 9.16. The third-order valence-electron chi connectivity index (χ3n) is 2.71. The lowest BCUT2D eigenvalue weighted by Gasteiger charge is -2.28. The summed E-state index contributed by atoms with van der Waals surface area (Å²) in [6.45, 7) is 1.91. The standard InChI is InChI=1S/C12H11BrClNO2/c1-7-4-11(16)15(12(17)5-7)8-2-3-10(14)9(13)6-8/h2-3,6-7H,4-5H2,1H3. The first-order valence-corrected chi connectivity index (χ1v) is 6.47. The van der Waals surface area contributed by atoms with Crippen LogP contribution in [0.15, 0.2) is 22.7 Å². The molecule has 0 N–H and O–H groups in total. The van der Waals surface area contributed by atoms with E-state index in [-0.39, 0.29) is 17.7 Å². The number of hydrogen-bond donors (Lipinski definition) is 0. The smallest absolute Gasteiger partial charge is 0.234 e. The second-order valence-electron chi connectivity index (χ2n) is 4.23. The van der Waals surface area contributed by atoms with Crippen LogP contribution in [-0.4, -0.2) is 11.8 Å². The van der Waals surface area contributed by atoms with Crippen molar-refractivity contribution in [2.24, 2.45) is 5.92 Å². The van der Waals surface area contributed by atoms with Gasteiger partial charge < -0.3 is 0 Å². The second kappa shape index (κ2) is 4.78. The van der Waals surface area contributed by atoms with Crippen LogP contribution >= 0.6 is 27.5 Å². The molecular weight excluding hydrogens is 305 g/mol. The number of piperidine rings is 1. The number of nitrogens with zero attached hydrogens (tertiary/aromatic N) is 1. The minimum atomic E-state index is -0.150. The molecule has 1 heterocycles. The molecule has 0 radical (unpaired) electrons. The van der Waals surface area contributed by atoms with Gasteiger partial charge >= 0.3 is 0 Å². The molecule has 1 aliphatic rings. The molecular formula is C12H11BrClNO2. The van der Waals surface area contributed by atoms with E-state index in [4.69, 9.17) is 11.6 Å². The predicted molar refractivity (Wildman–Crippen MR) is 70.0 cm³/mol. The molecule has 0 aromatic heterocycles. The molecule has 0 saturated carbocycles. The molecule has 0 aliphatic carbocycles. The van der Waals surface area contributed by atoms with Crippen molar-refractivity contribution < 1.29 is 9.59 Å². The SMILES string of the molecule is CC1CC(=O)N(c2ccc(Cl)c(Br)c2)C(=O)C1. The van der Waals surface area contributed by atoms with Crippen molar-refractivity contribution in [3.05, 3.63) is 27.7 Å². The number of rotatable bonds is 1. The van der Waals surface area contributed by atoms with Crippen LogP contribution in [-0.2, 0) is 9.59 Å². The highest BCUT2D eigenvalue weighted by molar-refractivity contribution is 9.10. The van der Waals surface area contributed by atoms with Gasteiger partial charge in [0.05, 0.1) is 10.7 Å². The third kappa shape index (κ3) is 2.53. The van der Waals surface area contributed by atoms with Gasteiger partial charge in [0.2, 0.25) is 11.8 Å². The second-order valence-corrected chi connectivity index (χ2v) is 5.50. The molecule has 1 aromatic rings. The van der Waals surface area contributed by atoms with Crippen LogP contribution in [0.4, 0.5) is 5.69 Å². The fourth-order valence-electron chi connectivity index (χ4n) is 1.90. The number of imide groups is 1. The predicted octanol–water partition coefficient (Wildman–Crippen LogP) is 3.39. The molecule has 0 bridgehead atoms. The van der Waals surface area contributed by atoms with Crippen LogP contribution in [0.5, 0.6) is 0 Å². The van der Waals surface area contributed by atoms with Crippen LogP contribution in [0.2, 0.25) is 5.02 Å². The first-order chi connectivity index (χ1) is 7.99. The molecule has 5 heteroatoms. The Bertz CT molecular complexity index is 471. The van der Waals surface area contributed by atoms with Crippen molar-refractivity contribution in [3.8, 4) is 0 Å². The van der Waals surface area contributed by atoms with Gasteiger partial charge in [-0.2, -0.15) is 0 Å². The topological polar surface area (TPSA) is 37.4 Å². The number of benzene rings is 1. The van der Waals surface area contributed by atoms with Gasteiger partial charge in [0.1, 0.15) is 0 Å². The summed E-state index contributed by atoms with van der Waals surface area (Å²) in [7, 11) is 0. The van der Waals surface area contributed by atoms with E-state index in [0.717, 1.165) is 0 Å². The lowest BCUT2D eigenvalue weighted by molar-refractivity contribution is -0.130. The Morgan fingerprint density at radius 2 is 1.88 bits per heavy atom. The van der Waals surface area contributed by atoms with E-state index in [1.165, 1.54) is 4.90 Å². The zero-order chi connectivity index (χ0) is 12.6. The van der Waals surface area contributed by atoms with Crippen LogP contribution in [0.1, 0.15) is 19.8 Å². The van der Waals surface area contributed by atoms with Crippen LogP contribution in [0.25, 0.3) is 0 Å². The lowest BCUT2D eigenvalue weighted by atomic mass is 9.97. The summed E-state index contributed by atoms with van der Waals surface area (Å²) in [5, 5.41) is 0.555. The van der Waals surface area contributed by atoms with E-state index in [9.17, 15) is 9.59 Å². The Kier molecular flexibility index (Phi) is 3.54. The molecule has 0 unspecified atom stereocenters. The average molecular weight is 317 g/mol. The van der Waals surface area contributed by atoms with Crippen molar-refractivity contribution in [2.45, 2.75) is 19.8 Å². The Labute approximate surface area is 113 Å². The molecule has 2 rings (SSSR count). The molecule has 3 nitrogen and oxygen atoms in total. The zero-order valence-corrected chi connectivity index (χ0v) is 11.6. The molecule has 1 aromatic carbocycles. The molecule has 0 atom stereocenters. The Morgan fingerprint density at radius 1 is 1.29 bits per heavy atom. The highest BCUT2D eigenvalue weighted by Gasteiger charge is 2.31. The molecule has 1 saturated heterocycles. The first kappa shape index (κ1) is 12.6. The Morgan fingerprint density at radius 3 is 2.41 bits per heavy atom. The Hall–Kier alpha value is -0.870. The number of carbonyl (C=O) groups excluding carboxylic acids is 2. The number of hydrogen-bond acceptors (Lipinski definition) is 2. The maximum atomic E-state index is 11.9. The fraction of sp³-hybridized carbons (Fsp3) is 0.333. The van der Waals surface area contributed by atoms with E-state index in [2.05, 4.69) is 15.9 Å². The van der Waals surface area contributed by atoms with E-state index >= 15 is 0 Å². The van der Waals surface area contributed by atoms with Gasteiger partial charge in [-0.25, -0.2) is 0 Å². The summed E-state index contributed by atoms with van der Waals surface area (Å²) in [4.78, 5) is 25.0. The van der Waals surface area contributed by atoms with Crippen molar-refractivity contribution in [3.63, 3.8) is 0 Å². The highest BCUT2D eigenvalue weighted by Crippen LogP contribution is 2.30. The van der Waals surface area contributed by atoms with Crippen LogP contribution < -0.4 is 4.90 Å². The van der Waals surface area contributed by atoms with E-state index in [1.807, 2.05) is 6.92 Å². The van der Waals surface area contributed by atoms with E-state index in [1.54, 1.807) is 18.2 Å².